The maximum absolute atomic E-state index is 12.9. The monoisotopic (exact) mass is 261 g/mol. The molecule has 0 radical (unpaired) electrons. The van der Waals surface area contributed by atoms with Crippen molar-refractivity contribution in [2.75, 3.05) is 26.2 Å². The lowest BCUT2D eigenvalue weighted by molar-refractivity contribution is -0.152. The fourth-order valence-electron chi connectivity index (χ4n) is 3.97. The number of likely N-dealkylation sites (tertiary alicyclic amines) is 2. The maximum Gasteiger partial charge on any atom is 0.243 e. The van der Waals surface area contributed by atoms with Gasteiger partial charge >= 0.3 is 0 Å². The Labute approximate surface area is 115 Å². The number of hydrogen-bond donors (Lipinski definition) is 0. The molecular weight excluding hydrogens is 238 g/mol. The molecule has 4 nitrogen and oxygen atoms in total. The molecule has 0 N–H and O–H groups in total. The quantitative estimate of drug-likeness (QED) is 0.761. The molecule has 3 aliphatic rings. The molecule has 0 spiro atoms. The van der Waals surface area contributed by atoms with Crippen LogP contribution in [0.3, 0.4) is 0 Å². The molecule has 3 rings (SSSR count). The van der Waals surface area contributed by atoms with Gasteiger partial charge in [-0.25, -0.2) is 0 Å². The van der Waals surface area contributed by atoms with Crippen molar-refractivity contribution in [3.05, 3.63) is 0 Å². The Bertz CT molecular complexity index is 383. The second kappa shape index (κ2) is 5.13. The Morgan fingerprint density at radius 2 is 1.68 bits per heavy atom. The topological polar surface area (TPSA) is 47.3 Å². The Morgan fingerprint density at radius 3 is 2.26 bits per heavy atom. The molecule has 1 saturated carbocycles. The summed E-state index contributed by atoms with van der Waals surface area (Å²) in [6, 6.07) is 2.26. The summed E-state index contributed by atoms with van der Waals surface area (Å²) in [5.74, 6) is 0.392. The minimum absolute atomic E-state index is 0.0724. The van der Waals surface area contributed by atoms with E-state index in [9.17, 15) is 4.79 Å². The predicted octanol–water partition coefficient (Wildman–Crippen LogP) is 1.77. The summed E-state index contributed by atoms with van der Waals surface area (Å²) in [6.07, 6.45) is 8.14. The molecule has 2 heterocycles. The van der Waals surface area contributed by atoms with Crippen molar-refractivity contribution < 1.29 is 4.79 Å². The highest BCUT2D eigenvalue weighted by atomic mass is 16.2. The molecule has 0 aromatic rings. The van der Waals surface area contributed by atoms with Gasteiger partial charge in [-0.05, 0) is 38.8 Å². The van der Waals surface area contributed by atoms with Crippen molar-refractivity contribution in [1.82, 2.24) is 9.80 Å². The standard InChI is InChI=1S/C15H23N3O/c16-10-13-11-17(12-13)14(19)15(6-2-1-3-7-15)18-8-4-5-9-18/h13H,1-9,11-12H2. The molecule has 2 saturated heterocycles. The van der Waals surface area contributed by atoms with E-state index in [-0.39, 0.29) is 11.5 Å². The van der Waals surface area contributed by atoms with Crippen molar-refractivity contribution in [2.24, 2.45) is 5.92 Å². The second-order valence-electron chi connectivity index (χ2n) is 6.32. The minimum atomic E-state index is -0.213. The van der Waals surface area contributed by atoms with Crippen LogP contribution in [-0.4, -0.2) is 47.4 Å². The van der Waals surface area contributed by atoms with Crippen molar-refractivity contribution >= 4 is 5.91 Å². The van der Waals surface area contributed by atoms with E-state index in [0.717, 1.165) is 25.9 Å². The summed E-state index contributed by atoms with van der Waals surface area (Å²) >= 11 is 0. The molecule has 19 heavy (non-hydrogen) atoms. The summed E-state index contributed by atoms with van der Waals surface area (Å²) in [6.45, 7) is 3.48. The van der Waals surface area contributed by atoms with E-state index in [1.54, 1.807) is 0 Å². The summed E-state index contributed by atoms with van der Waals surface area (Å²) < 4.78 is 0. The van der Waals surface area contributed by atoms with Crippen molar-refractivity contribution in [2.45, 2.75) is 50.5 Å². The number of rotatable bonds is 2. The average molecular weight is 261 g/mol. The van der Waals surface area contributed by atoms with Crippen LogP contribution in [0.2, 0.25) is 0 Å². The van der Waals surface area contributed by atoms with E-state index in [2.05, 4.69) is 11.0 Å². The molecule has 1 aliphatic carbocycles. The van der Waals surface area contributed by atoms with E-state index in [1.165, 1.54) is 32.1 Å². The Hall–Kier alpha value is -1.08. The van der Waals surface area contributed by atoms with Gasteiger partial charge in [0, 0.05) is 13.1 Å². The molecule has 0 bridgehead atoms. The number of carbonyl (C=O) groups excluding carboxylic acids is 1. The first kappa shape index (κ1) is 12.9. The molecule has 0 aromatic carbocycles. The zero-order valence-corrected chi connectivity index (χ0v) is 11.6. The highest BCUT2D eigenvalue weighted by molar-refractivity contribution is 5.87. The highest BCUT2D eigenvalue weighted by Gasteiger charge is 2.49. The lowest BCUT2D eigenvalue weighted by Crippen LogP contribution is -2.64. The third-order valence-corrected chi connectivity index (χ3v) is 5.14. The average Bonchev–Trinajstić information content (AvgIpc) is 2.92. The Kier molecular flexibility index (Phi) is 3.49. The molecular formula is C15H23N3O. The first-order valence-corrected chi connectivity index (χ1v) is 7.70. The smallest absolute Gasteiger partial charge is 0.243 e. The van der Waals surface area contributed by atoms with E-state index in [1.807, 2.05) is 4.90 Å². The first-order valence-electron chi connectivity index (χ1n) is 7.70. The third kappa shape index (κ3) is 2.14. The van der Waals surface area contributed by atoms with Gasteiger partial charge in [-0.3, -0.25) is 9.69 Å². The summed E-state index contributed by atoms with van der Waals surface area (Å²) in [5.41, 5.74) is -0.213. The van der Waals surface area contributed by atoms with Gasteiger partial charge in [0.25, 0.3) is 0 Å². The van der Waals surface area contributed by atoms with Crippen LogP contribution in [-0.2, 0) is 4.79 Å². The lowest BCUT2D eigenvalue weighted by atomic mass is 9.78. The summed E-state index contributed by atoms with van der Waals surface area (Å²) in [4.78, 5) is 17.3. The molecule has 0 aromatic heterocycles. The van der Waals surface area contributed by atoms with Gasteiger partial charge in [-0.1, -0.05) is 19.3 Å². The third-order valence-electron chi connectivity index (χ3n) is 5.14. The number of nitrogens with zero attached hydrogens (tertiary/aromatic N) is 3. The molecule has 2 aliphatic heterocycles. The van der Waals surface area contributed by atoms with Crippen LogP contribution in [0.25, 0.3) is 0 Å². The SMILES string of the molecule is N#CC1CN(C(=O)C2(N3CCCC3)CCCCC2)C1. The summed E-state index contributed by atoms with van der Waals surface area (Å²) in [5, 5.41) is 8.87. The van der Waals surface area contributed by atoms with E-state index >= 15 is 0 Å². The van der Waals surface area contributed by atoms with Crippen molar-refractivity contribution in [1.29, 1.82) is 5.26 Å². The Balaban J connectivity index is 1.75. The van der Waals surface area contributed by atoms with E-state index < -0.39 is 0 Å². The number of hydrogen-bond acceptors (Lipinski definition) is 3. The fraction of sp³-hybridized carbons (Fsp3) is 0.867. The molecule has 0 atom stereocenters. The van der Waals surface area contributed by atoms with Gasteiger partial charge in [0.2, 0.25) is 5.91 Å². The highest BCUT2D eigenvalue weighted by Crippen LogP contribution is 2.38. The van der Waals surface area contributed by atoms with Gasteiger partial charge < -0.3 is 4.90 Å². The van der Waals surface area contributed by atoms with Crippen LogP contribution in [0.1, 0.15) is 44.9 Å². The minimum Gasteiger partial charge on any atom is -0.338 e. The normalized spacial score (nSPS) is 27.8. The van der Waals surface area contributed by atoms with Crippen LogP contribution < -0.4 is 0 Å². The Morgan fingerprint density at radius 1 is 1.05 bits per heavy atom. The van der Waals surface area contributed by atoms with Crippen LogP contribution in [0.4, 0.5) is 0 Å². The molecule has 104 valence electrons. The van der Waals surface area contributed by atoms with Gasteiger partial charge in [0.15, 0.2) is 0 Å². The predicted molar refractivity (Wildman–Crippen MR) is 72.3 cm³/mol. The number of nitriles is 1. The van der Waals surface area contributed by atoms with Crippen LogP contribution in [0.5, 0.6) is 0 Å². The zero-order valence-electron chi connectivity index (χ0n) is 11.6. The summed E-state index contributed by atoms with van der Waals surface area (Å²) in [7, 11) is 0. The maximum atomic E-state index is 12.9. The number of carbonyl (C=O) groups is 1. The van der Waals surface area contributed by atoms with Crippen molar-refractivity contribution in [3.8, 4) is 6.07 Å². The zero-order chi connectivity index (χ0) is 13.3. The van der Waals surface area contributed by atoms with Gasteiger partial charge in [0.1, 0.15) is 5.54 Å². The van der Waals surface area contributed by atoms with Crippen LogP contribution in [0.15, 0.2) is 0 Å². The molecule has 3 fully saturated rings. The molecule has 1 amide bonds. The lowest BCUT2D eigenvalue weighted by Gasteiger charge is -2.48. The van der Waals surface area contributed by atoms with E-state index in [0.29, 0.717) is 19.0 Å². The first-order chi connectivity index (χ1) is 9.26. The molecule has 0 unspecified atom stereocenters. The van der Waals surface area contributed by atoms with Crippen LogP contribution >= 0.6 is 0 Å². The van der Waals surface area contributed by atoms with Crippen molar-refractivity contribution in [3.63, 3.8) is 0 Å². The number of amides is 1. The van der Waals surface area contributed by atoms with E-state index in [4.69, 9.17) is 5.26 Å². The fourth-order valence-corrected chi connectivity index (χ4v) is 3.97. The van der Waals surface area contributed by atoms with Gasteiger partial charge in [-0.2, -0.15) is 5.26 Å². The molecule has 4 heteroatoms. The van der Waals surface area contributed by atoms with Gasteiger partial charge in [-0.15, -0.1) is 0 Å². The largest absolute Gasteiger partial charge is 0.338 e. The van der Waals surface area contributed by atoms with Crippen LogP contribution in [0, 0.1) is 17.2 Å². The second-order valence-corrected chi connectivity index (χ2v) is 6.32. The van der Waals surface area contributed by atoms with Gasteiger partial charge in [0.05, 0.1) is 12.0 Å².